The van der Waals surface area contributed by atoms with E-state index < -0.39 is 88.0 Å². The van der Waals surface area contributed by atoms with E-state index in [1.807, 2.05) is 0 Å². The van der Waals surface area contributed by atoms with Gasteiger partial charge in [-0.25, -0.2) is 22.0 Å². The summed E-state index contributed by atoms with van der Waals surface area (Å²) in [5.41, 5.74) is -3.10. The van der Waals surface area contributed by atoms with E-state index in [0.717, 1.165) is 12.0 Å². The fraction of sp³-hybridized carbons (Fsp3) is 0.286. The summed E-state index contributed by atoms with van der Waals surface area (Å²) in [6.07, 6.45) is -4.52. The van der Waals surface area contributed by atoms with Crippen LogP contribution < -0.4 is 9.64 Å². The molecule has 0 N–H and O–H groups in total. The molecule has 2 aliphatic heterocycles. The predicted octanol–water partition coefficient (Wildman–Crippen LogP) is 3.00. The number of amides is 2. The lowest BCUT2D eigenvalue weighted by Gasteiger charge is -2.39. The van der Waals surface area contributed by atoms with Gasteiger partial charge in [-0.05, 0) is 6.07 Å². The fourth-order valence-electron chi connectivity index (χ4n) is 3.68. The number of likely N-dealkylation sites (tertiary alicyclic amines) is 1. The van der Waals surface area contributed by atoms with Gasteiger partial charge in [0.25, 0.3) is 0 Å². The van der Waals surface area contributed by atoms with Crippen LogP contribution in [0.1, 0.15) is 0 Å². The molecule has 0 aromatic heterocycles. The number of carbonyl (C=O) groups excluding carboxylic acids is 3. The van der Waals surface area contributed by atoms with Crippen molar-refractivity contribution in [3.05, 3.63) is 47.3 Å². The zero-order valence-corrected chi connectivity index (χ0v) is 17.5. The van der Waals surface area contributed by atoms with E-state index in [2.05, 4.69) is 9.47 Å². The number of benzene rings is 2. The highest BCUT2D eigenvalue weighted by molar-refractivity contribution is 6.05. The molecule has 186 valence electrons. The Morgan fingerprint density at radius 2 is 1.69 bits per heavy atom. The van der Waals surface area contributed by atoms with Gasteiger partial charge in [0.1, 0.15) is 18.2 Å². The van der Waals surface area contributed by atoms with Crippen LogP contribution in [0.2, 0.25) is 0 Å². The predicted molar refractivity (Wildman–Crippen MR) is 102 cm³/mol. The second-order valence-electron chi connectivity index (χ2n) is 7.67. The van der Waals surface area contributed by atoms with Gasteiger partial charge in [0.05, 0.1) is 24.3 Å². The second kappa shape index (κ2) is 8.43. The maximum atomic E-state index is 14.6. The lowest BCUT2D eigenvalue weighted by atomic mass is 9.99. The number of nitrogens with zero attached hydrogens (tertiary/aromatic N) is 2. The van der Waals surface area contributed by atoms with E-state index >= 15 is 0 Å². The third-order valence-corrected chi connectivity index (χ3v) is 5.52. The lowest BCUT2D eigenvalue weighted by Crippen LogP contribution is -2.58. The fourth-order valence-corrected chi connectivity index (χ4v) is 3.68. The third kappa shape index (κ3) is 4.02. The molecule has 0 bridgehead atoms. The quantitative estimate of drug-likeness (QED) is 0.276. The molecule has 2 aromatic rings. The minimum absolute atomic E-state index is 0.0503. The Bertz CT molecular complexity index is 1260. The Balaban J connectivity index is 1.73. The molecule has 2 heterocycles. The lowest BCUT2D eigenvalue weighted by molar-refractivity contribution is -0.193. The summed E-state index contributed by atoms with van der Waals surface area (Å²) in [5.74, 6) is -14.6. The summed E-state index contributed by atoms with van der Waals surface area (Å²) in [7, 11) is 1.13. The number of anilines is 1. The minimum atomic E-state index is -4.52. The van der Waals surface area contributed by atoms with Crippen molar-refractivity contribution in [2.24, 2.45) is 5.92 Å². The first-order valence-corrected chi connectivity index (χ1v) is 9.77. The van der Waals surface area contributed by atoms with Crippen molar-refractivity contribution in [1.82, 2.24) is 4.90 Å². The second-order valence-corrected chi connectivity index (χ2v) is 7.67. The number of carbonyl (C=O) groups is 3. The van der Waals surface area contributed by atoms with Crippen molar-refractivity contribution in [2.75, 3.05) is 31.6 Å². The van der Waals surface area contributed by atoms with Crippen molar-refractivity contribution in [3.8, 4) is 16.9 Å². The van der Waals surface area contributed by atoms with Crippen molar-refractivity contribution in [2.45, 2.75) is 6.11 Å². The molecular weight excluding hydrogens is 493 g/mol. The molecule has 2 aromatic carbocycles. The molecular formula is C21H13F7N2O5. The summed E-state index contributed by atoms with van der Waals surface area (Å²) in [6, 6.07) is 0.710. The number of esters is 1. The van der Waals surface area contributed by atoms with Crippen LogP contribution in [-0.2, 0) is 19.1 Å². The number of ether oxygens (including phenoxy) is 2. The smallest absolute Gasteiger partial charge is 0.469 e. The molecule has 0 radical (unpaired) electrons. The van der Waals surface area contributed by atoms with Crippen LogP contribution >= 0.6 is 0 Å². The highest BCUT2D eigenvalue weighted by Gasteiger charge is 2.52. The molecule has 1 fully saturated rings. The Labute approximate surface area is 191 Å². The molecule has 0 saturated carbocycles. The molecule has 4 rings (SSSR count). The highest BCUT2D eigenvalue weighted by Crippen LogP contribution is 2.44. The largest absolute Gasteiger partial charge is 0.482 e. The minimum Gasteiger partial charge on any atom is -0.469 e. The molecule has 35 heavy (non-hydrogen) atoms. The zero-order chi connectivity index (χ0) is 25.8. The van der Waals surface area contributed by atoms with Crippen molar-refractivity contribution in [3.63, 3.8) is 0 Å². The molecule has 0 spiro atoms. The standard InChI is InChI=1S/C21H13F7N2O5/c1-34-19(32)8-5-29(6-8)15(31)7-30-13-2-9(16-11(23)3-12(24)17(25)18(16)26)10(22)4-14(13)35-21(27,28)20(30)33/h2-4,8H,5-7H2,1H3. The normalized spacial score (nSPS) is 17.0. The van der Waals surface area contributed by atoms with E-state index in [0.29, 0.717) is 6.07 Å². The van der Waals surface area contributed by atoms with Gasteiger partial charge < -0.3 is 14.4 Å². The number of fused-ring (bicyclic) bond motifs is 1. The summed E-state index contributed by atoms with van der Waals surface area (Å²) < 4.78 is 107. The number of methoxy groups -OCH3 is 1. The van der Waals surface area contributed by atoms with Crippen LogP contribution in [-0.4, -0.2) is 55.5 Å². The van der Waals surface area contributed by atoms with Crippen LogP contribution in [0.5, 0.6) is 5.75 Å². The Morgan fingerprint density at radius 1 is 1.03 bits per heavy atom. The van der Waals surface area contributed by atoms with Gasteiger partial charge >= 0.3 is 18.0 Å². The maximum absolute atomic E-state index is 14.6. The maximum Gasteiger partial charge on any atom is 0.482 e. The number of rotatable bonds is 4. The SMILES string of the molecule is COC(=O)C1CN(C(=O)CN2C(=O)C(F)(F)Oc3cc(F)c(-c4c(F)cc(F)c(F)c4F)cc32)C1. The monoisotopic (exact) mass is 506 g/mol. The van der Waals surface area contributed by atoms with Crippen LogP contribution in [0, 0.1) is 35.0 Å². The van der Waals surface area contributed by atoms with Gasteiger partial charge in [-0.3, -0.25) is 19.3 Å². The van der Waals surface area contributed by atoms with Crippen LogP contribution in [0.15, 0.2) is 18.2 Å². The molecule has 1 saturated heterocycles. The summed E-state index contributed by atoms with van der Waals surface area (Å²) >= 11 is 0. The van der Waals surface area contributed by atoms with Crippen molar-refractivity contribution >= 4 is 23.5 Å². The molecule has 2 amide bonds. The topological polar surface area (TPSA) is 76.2 Å². The number of halogens is 7. The van der Waals surface area contributed by atoms with Gasteiger partial charge in [-0.1, -0.05) is 0 Å². The van der Waals surface area contributed by atoms with E-state index in [-0.39, 0.29) is 30.1 Å². The van der Waals surface area contributed by atoms with Crippen molar-refractivity contribution < 1.29 is 54.6 Å². The van der Waals surface area contributed by atoms with Gasteiger partial charge in [0.2, 0.25) is 5.91 Å². The van der Waals surface area contributed by atoms with Gasteiger partial charge in [0.15, 0.2) is 23.2 Å². The van der Waals surface area contributed by atoms with Crippen molar-refractivity contribution in [1.29, 1.82) is 0 Å². The van der Waals surface area contributed by atoms with Gasteiger partial charge in [-0.2, -0.15) is 8.78 Å². The van der Waals surface area contributed by atoms with E-state index in [1.54, 1.807) is 0 Å². The molecule has 2 aliphatic rings. The average molecular weight is 506 g/mol. The molecule has 7 nitrogen and oxygen atoms in total. The summed E-state index contributed by atoms with van der Waals surface area (Å²) in [4.78, 5) is 37.6. The van der Waals surface area contributed by atoms with Crippen LogP contribution in [0.25, 0.3) is 11.1 Å². The van der Waals surface area contributed by atoms with E-state index in [9.17, 15) is 45.1 Å². The number of hydrogen-bond acceptors (Lipinski definition) is 5. The first kappa shape index (κ1) is 24.3. The Hall–Kier alpha value is -3.84. The van der Waals surface area contributed by atoms with Crippen LogP contribution in [0.3, 0.4) is 0 Å². The number of hydrogen-bond donors (Lipinski definition) is 0. The highest BCUT2D eigenvalue weighted by atomic mass is 19.3. The zero-order valence-electron chi connectivity index (χ0n) is 17.5. The number of alkyl halides is 2. The third-order valence-electron chi connectivity index (χ3n) is 5.52. The molecule has 0 atom stereocenters. The van der Waals surface area contributed by atoms with E-state index in [1.165, 1.54) is 0 Å². The van der Waals surface area contributed by atoms with Crippen LogP contribution in [0.4, 0.5) is 36.4 Å². The average Bonchev–Trinajstić information content (AvgIpc) is 2.74. The van der Waals surface area contributed by atoms with E-state index in [4.69, 9.17) is 0 Å². The summed E-state index contributed by atoms with van der Waals surface area (Å²) in [5, 5.41) is 0. The van der Waals surface area contributed by atoms with Gasteiger partial charge in [-0.15, -0.1) is 0 Å². The molecule has 0 aliphatic carbocycles. The Kier molecular flexibility index (Phi) is 5.85. The summed E-state index contributed by atoms with van der Waals surface area (Å²) in [6.45, 7) is -1.27. The molecule has 0 unspecified atom stereocenters. The Morgan fingerprint density at radius 3 is 2.31 bits per heavy atom. The first-order chi connectivity index (χ1) is 16.4. The molecule has 14 heteroatoms. The first-order valence-electron chi connectivity index (χ1n) is 9.77. The van der Waals surface area contributed by atoms with Gasteiger partial charge in [0, 0.05) is 30.8 Å².